The van der Waals surface area contributed by atoms with E-state index < -0.39 is 0 Å². The van der Waals surface area contributed by atoms with Crippen LogP contribution < -0.4 is 5.32 Å². The summed E-state index contributed by atoms with van der Waals surface area (Å²) in [5.74, 6) is 3.03. The topological polar surface area (TPSA) is 59.8 Å². The zero-order valence-electron chi connectivity index (χ0n) is 13.8. The van der Waals surface area contributed by atoms with E-state index in [1.807, 2.05) is 36.6 Å². The minimum Gasteiger partial charge on any atom is -0.344 e. The van der Waals surface area contributed by atoms with Crippen LogP contribution in [-0.2, 0) is 11.3 Å². The van der Waals surface area contributed by atoms with Crippen molar-refractivity contribution in [2.75, 3.05) is 6.54 Å². The summed E-state index contributed by atoms with van der Waals surface area (Å²) >= 11 is 1.35. The molecule has 0 fully saturated rings. The molecule has 1 heterocycles. The first-order valence-electron chi connectivity index (χ1n) is 7.55. The van der Waals surface area contributed by atoms with Gasteiger partial charge in [-0.1, -0.05) is 47.5 Å². The van der Waals surface area contributed by atoms with Gasteiger partial charge in [0.15, 0.2) is 11.0 Å². The number of hydrogen-bond acceptors (Lipinski definition) is 4. The van der Waals surface area contributed by atoms with Gasteiger partial charge >= 0.3 is 0 Å². The minimum absolute atomic E-state index is 0.122. The van der Waals surface area contributed by atoms with Crippen molar-refractivity contribution in [1.82, 2.24) is 20.1 Å². The van der Waals surface area contributed by atoms with Gasteiger partial charge in [0.2, 0.25) is 5.91 Å². The number of nitrogens with zero attached hydrogens (tertiary/aromatic N) is 3. The van der Waals surface area contributed by atoms with Crippen LogP contribution in [-0.4, -0.2) is 32.5 Å². The first-order valence-corrected chi connectivity index (χ1v) is 8.43. The number of aryl methyl sites for hydroxylation is 1. The predicted octanol–water partition coefficient (Wildman–Crippen LogP) is 2.67. The molecule has 1 N–H and O–H groups in total. The number of allylic oxidation sites excluding steroid dienone is 1. The Bertz CT molecular complexity index is 776. The standard InChI is InChI=1S/C18H20N4OS/c1-5-10-19-17(23)14(4)24-18-21-20-16(22(18)11-6-2)15-9-7-8-13(3)12-15/h1,6-9,12,14H,2,10-11H2,3-4H3,(H,19,23). The summed E-state index contributed by atoms with van der Waals surface area (Å²) in [7, 11) is 0. The summed E-state index contributed by atoms with van der Waals surface area (Å²) in [6.07, 6.45) is 6.95. The molecule has 6 heteroatoms. The Morgan fingerprint density at radius 2 is 2.33 bits per heavy atom. The van der Waals surface area contributed by atoms with E-state index in [1.165, 1.54) is 11.8 Å². The molecule has 2 aromatic rings. The summed E-state index contributed by atoms with van der Waals surface area (Å²) in [6, 6.07) is 8.07. The summed E-state index contributed by atoms with van der Waals surface area (Å²) in [5.41, 5.74) is 2.14. The van der Waals surface area contributed by atoms with Crippen molar-refractivity contribution < 1.29 is 4.79 Å². The molecule has 0 spiro atoms. The lowest BCUT2D eigenvalue weighted by molar-refractivity contribution is -0.120. The van der Waals surface area contributed by atoms with Crippen LogP contribution in [0.4, 0.5) is 0 Å². The van der Waals surface area contributed by atoms with Gasteiger partial charge < -0.3 is 5.32 Å². The molecule has 5 nitrogen and oxygen atoms in total. The molecule has 0 radical (unpaired) electrons. The third-order valence-corrected chi connectivity index (χ3v) is 4.40. The van der Waals surface area contributed by atoms with Gasteiger partial charge in [-0.3, -0.25) is 9.36 Å². The van der Waals surface area contributed by atoms with Crippen LogP contribution in [0.3, 0.4) is 0 Å². The Morgan fingerprint density at radius 3 is 3.00 bits per heavy atom. The monoisotopic (exact) mass is 340 g/mol. The maximum absolute atomic E-state index is 12.0. The molecule has 1 unspecified atom stereocenters. The Labute approximate surface area is 146 Å². The second-order valence-corrected chi connectivity index (χ2v) is 6.56. The molecule has 1 aromatic carbocycles. The summed E-state index contributed by atoms with van der Waals surface area (Å²) in [4.78, 5) is 12.0. The van der Waals surface area contributed by atoms with Crippen molar-refractivity contribution in [2.24, 2.45) is 0 Å². The number of rotatable bonds is 7. The van der Waals surface area contributed by atoms with Crippen molar-refractivity contribution in [3.05, 3.63) is 42.5 Å². The molecule has 124 valence electrons. The highest BCUT2D eigenvalue weighted by Gasteiger charge is 2.20. The van der Waals surface area contributed by atoms with Crippen molar-refractivity contribution in [2.45, 2.75) is 30.8 Å². The normalized spacial score (nSPS) is 11.5. The molecule has 0 saturated carbocycles. The Hall–Kier alpha value is -2.52. The van der Waals surface area contributed by atoms with E-state index in [4.69, 9.17) is 6.42 Å². The molecule has 0 aliphatic heterocycles. The van der Waals surface area contributed by atoms with Crippen LogP contribution in [0.15, 0.2) is 42.1 Å². The van der Waals surface area contributed by atoms with E-state index in [2.05, 4.69) is 34.1 Å². The molecule has 0 bridgehead atoms. The lowest BCUT2D eigenvalue weighted by atomic mass is 10.1. The van der Waals surface area contributed by atoms with E-state index in [0.717, 1.165) is 17.0 Å². The minimum atomic E-state index is -0.323. The highest BCUT2D eigenvalue weighted by Crippen LogP contribution is 2.27. The fourth-order valence-corrected chi connectivity index (χ4v) is 3.04. The number of benzene rings is 1. The van der Waals surface area contributed by atoms with Gasteiger partial charge in [0, 0.05) is 12.1 Å². The number of thioether (sulfide) groups is 1. The van der Waals surface area contributed by atoms with Gasteiger partial charge in [0.25, 0.3) is 0 Å². The molecule has 0 saturated heterocycles. The molecule has 2 rings (SSSR count). The highest BCUT2D eigenvalue weighted by atomic mass is 32.2. The van der Waals surface area contributed by atoms with Gasteiger partial charge in [-0.05, 0) is 19.9 Å². The molecular formula is C18H20N4OS. The molecule has 1 aromatic heterocycles. The molecule has 1 amide bonds. The molecular weight excluding hydrogens is 320 g/mol. The smallest absolute Gasteiger partial charge is 0.234 e. The lowest BCUT2D eigenvalue weighted by Crippen LogP contribution is -2.31. The van der Waals surface area contributed by atoms with E-state index in [9.17, 15) is 4.79 Å². The van der Waals surface area contributed by atoms with Gasteiger partial charge in [0.05, 0.1) is 11.8 Å². The molecule has 1 atom stereocenters. The Morgan fingerprint density at radius 1 is 1.54 bits per heavy atom. The quantitative estimate of drug-likeness (QED) is 0.478. The van der Waals surface area contributed by atoms with Crippen LogP contribution in [0, 0.1) is 19.3 Å². The van der Waals surface area contributed by atoms with E-state index in [1.54, 1.807) is 6.08 Å². The molecule has 24 heavy (non-hydrogen) atoms. The van der Waals surface area contributed by atoms with Crippen LogP contribution in [0.5, 0.6) is 0 Å². The molecule has 0 aliphatic rings. The van der Waals surface area contributed by atoms with E-state index >= 15 is 0 Å². The Kier molecular flexibility index (Phi) is 6.21. The third kappa shape index (κ3) is 4.27. The summed E-state index contributed by atoms with van der Waals surface area (Å²) in [5, 5.41) is 11.6. The lowest BCUT2D eigenvalue weighted by Gasteiger charge is -2.12. The zero-order valence-corrected chi connectivity index (χ0v) is 14.6. The second kappa shape index (κ2) is 8.37. The zero-order chi connectivity index (χ0) is 17.5. The Balaban J connectivity index is 2.27. The number of nitrogens with one attached hydrogen (secondary N) is 1. The van der Waals surface area contributed by atoms with Crippen molar-refractivity contribution in [3.63, 3.8) is 0 Å². The molecule has 0 aliphatic carbocycles. The van der Waals surface area contributed by atoms with Crippen LogP contribution >= 0.6 is 11.8 Å². The number of terminal acetylenes is 1. The highest BCUT2D eigenvalue weighted by molar-refractivity contribution is 8.00. The maximum atomic E-state index is 12.0. The largest absolute Gasteiger partial charge is 0.344 e. The fourth-order valence-electron chi connectivity index (χ4n) is 2.16. The summed E-state index contributed by atoms with van der Waals surface area (Å²) in [6.45, 7) is 8.43. The van der Waals surface area contributed by atoms with Crippen molar-refractivity contribution in [1.29, 1.82) is 0 Å². The first-order chi connectivity index (χ1) is 11.6. The van der Waals surface area contributed by atoms with Crippen LogP contribution in [0.1, 0.15) is 12.5 Å². The van der Waals surface area contributed by atoms with E-state index in [0.29, 0.717) is 11.7 Å². The van der Waals surface area contributed by atoms with Gasteiger partial charge in [-0.25, -0.2) is 0 Å². The SMILES string of the molecule is C#CCNC(=O)C(C)Sc1nnc(-c2cccc(C)c2)n1CC=C. The predicted molar refractivity (Wildman–Crippen MR) is 97.6 cm³/mol. The number of carbonyl (C=O) groups is 1. The average molecular weight is 340 g/mol. The fraction of sp³-hybridized carbons (Fsp3) is 0.278. The van der Waals surface area contributed by atoms with Gasteiger partial charge in [-0.2, -0.15) is 0 Å². The number of hydrogen-bond donors (Lipinski definition) is 1. The van der Waals surface area contributed by atoms with Gasteiger partial charge in [0.1, 0.15) is 0 Å². The van der Waals surface area contributed by atoms with Crippen molar-refractivity contribution in [3.8, 4) is 23.7 Å². The number of carbonyl (C=O) groups excluding carboxylic acids is 1. The van der Waals surface area contributed by atoms with E-state index in [-0.39, 0.29) is 17.7 Å². The average Bonchev–Trinajstić information content (AvgIpc) is 2.95. The number of aromatic nitrogens is 3. The van der Waals surface area contributed by atoms with Crippen molar-refractivity contribution >= 4 is 17.7 Å². The number of amides is 1. The van der Waals surface area contributed by atoms with Crippen LogP contribution in [0.2, 0.25) is 0 Å². The maximum Gasteiger partial charge on any atom is 0.234 e. The third-order valence-electron chi connectivity index (χ3n) is 3.32. The van der Waals surface area contributed by atoms with Crippen LogP contribution in [0.25, 0.3) is 11.4 Å². The van der Waals surface area contributed by atoms with Gasteiger partial charge in [-0.15, -0.1) is 23.2 Å². The second-order valence-electron chi connectivity index (χ2n) is 5.26. The summed E-state index contributed by atoms with van der Waals surface area (Å²) < 4.78 is 1.96. The first kappa shape index (κ1) is 17.8.